The molecule has 10 nitrogen and oxygen atoms in total. The van der Waals surface area contributed by atoms with E-state index in [1.54, 1.807) is 30.1 Å². The number of fused-ring (bicyclic) bond motifs is 2. The summed E-state index contributed by atoms with van der Waals surface area (Å²) in [4.78, 5) is 32.4. The van der Waals surface area contributed by atoms with Crippen molar-refractivity contribution in [2.24, 2.45) is 12.5 Å². The molecular weight excluding hydrogens is 508 g/mol. The van der Waals surface area contributed by atoms with Crippen LogP contribution in [-0.4, -0.2) is 82.6 Å². The summed E-state index contributed by atoms with van der Waals surface area (Å²) < 4.78 is 7.05. The van der Waals surface area contributed by atoms with Gasteiger partial charge in [-0.15, -0.1) is 0 Å². The summed E-state index contributed by atoms with van der Waals surface area (Å²) >= 11 is 0. The number of benzene rings is 1. The molecule has 0 radical (unpaired) electrons. The molecule has 3 aromatic rings. The first kappa shape index (κ1) is 28.0. The molecule has 2 aliphatic rings. The first-order valence-corrected chi connectivity index (χ1v) is 14.3. The Labute approximate surface area is 235 Å². The van der Waals surface area contributed by atoms with Crippen molar-refractivity contribution >= 4 is 28.6 Å². The van der Waals surface area contributed by atoms with Gasteiger partial charge in [0.25, 0.3) is 5.91 Å². The normalized spacial score (nSPS) is 16.4. The molecule has 10 heteroatoms. The second kappa shape index (κ2) is 12.3. The van der Waals surface area contributed by atoms with Crippen molar-refractivity contribution in [3.8, 4) is 0 Å². The summed E-state index contributed by atoms with van der Waals surface area (Å²) in [5.74, 6) is -0.399. The van der Waals surface area contributed by atoms with Gasteiger partial charge in [-0.05, 0) is 74.1 Å². The number of amides is 1. The minimum absolute atomic E-state index is 0.219. The molecular formula is C30H40N6O4. The number of ether oxygens (including phenoxy) is 1. The number of nitrogens with zero attached hydrogens (tertiary/aromatic N) is 4. The molecule has 0 unspecified atom stereocenters. The highest BCUT2D eigenvalue weighted by atomic mass is 16.5. The van der Waals surface area contributed by atoms with Crippen molar-refractivity contribution in [3.05, 3.63) is 53.3 Å². The van der Waals surface area contributed by atoms with E-state index in [0.717, 1.165) is 68.6 Å². The number of aromatic nitrogens is 3. The molecule has 5 rings (SSSR count). The average Bonchev–Trinajstić information content (AvgIpc) is 3.63. The Morgan fingerprint density at radius 2 is 2.10 bits per heavy atom. The minimum Gasteiger partial charge on any atom is -0.480 e. The van der Waals surface area contributed by atoms with E-state index in [4.69, 9.17) is 9.72 Å². The standard InChI is InChI=1S/C30H40N6O4/c1-35-26-7-3-6-23(24(26)19-32-35)28(37)34-25(29(38)39)11-16-36(17-18-40-2)20-30(13-14-30)12-10-22-9-8-21-5-4-15-31-27(21)33-22/h3,6-9,19,25H,4-5,10-18,20H2,1-2H3,(H,31,33)(H,34,37)(H,38,39)/t25-/m0/s1. The zero-order valence-corrected chi connectivity index (χ0v) is 23.5. The topological polar surface area (TPSA) is 122 Å². The minimum atomic E-state index is -1.04. The molecule has 3 N–H and O–H groups in total. The van der Waals surface area contributed by atoms with E-state index in [-0.39, 0.29) is 5.41 Å². The largest absolute Gasteiger partial charge is 0.480 e. The number of carboxylic acids is 1. The Bertz CT molecular complexity index is 1350. The number of pyridine rings is 1. The molecule has 1 amide bonds. The first-order chi connectivity index (χ1) is 19.4. The quantitative estimate of drug-likeness (QED) is 0.281. The second-order valence-corrected chi connectivity index (χ2v) is 11.3. The lowest BCUT2D eigenvalue weighted by Crippen LogP contribution is -2.44. The van der Waals surface area contributed by atoms with E-state index in [1.165, 1.54) is 5.56 Å². The maximum Gasteiger partial charge on any atom is 0.326 e. The van der Waals surface area contributed by atoms with Crippen molar-refractivity contribution in [3.63, 3.8) is 0 Å². The smallest absolute Gasteiger partial charge is 0.326 e. The van der Waals surface area contributed by atoms with E-state index < -0.39 is 17.9 Å². The fraction of sp³-hybridized carbons (Fsp3) is 0.533. The van der Waals surface area contributed by atoms with Gasteiger partial charge < -0.3 is 25.4 Å². The monoisotopic (exact) mass is 548 g/mol. The summed E-state index contributed by atoms with van der Waals surface area (Å²) in [6.45, 7) is 3.71. The fourth-order valence-corrected chi connectivity index (χ4v) is 5.71. The number of hydrogen-bond acceptors (Lipinski definition) is 7. The lowest BCUT2D eigenvalue weighted by molar-refractivity contribution is -0.139. The van der Waals surface area contributed by atoms with Crippen LogP contribution in [-0.2, 0) is 29.4 Å². The number of anilines is 1. The number of rotatable bonds is 14. The zero-order chi connectivity index (χ0) is 28.1. The molecule has 0 saturated heterocycles. The number of carboxylic acid groups (broad SMARTS) is 1. The van der Waals surface area contributed by atoms with E-state index in [1.807, 2.05) is 13.1 Å². The molecule has 1 aromatic carbocycles. The Balaban J connectivity index is 1.19. The highest BCUT2D eigenvalue weighted by Crippen LogP contribution is 2.50. The summed E-state index contributed by atoms with van der Waals surface area (Å²) in [7, 11) is 3.49. The van der Waals surface area contributed by atoms with Gasteiger partial charge in [0, 0.05) is 51.4 Å². The van der Waals surface area contributed by atoms with E-state index >= 15 is 0 Å². The number of aryl methyl sites for hydroxylation is 3. The van der Waals surface area contributed by atoms with Gasteiger partial charge in [-0.1, -0.05) is 12.1 Å². The molecule has 1 aliphatic carbocycles. The van der Waals surface area contributed by atoms with E-state index in [2.05, 4.69) is 32.8 Å². The lowest BCUT2D eigenvalue weighted by Gasteiger charge is -2.28. The van der Waals surface area contributed by atoms with Gasteiger partial charge in [0.15, 0.2) is 0 Å². The number of methoxy groups -OCH3 is 1. The van der Waals surface area contributed by atoms with E-state index in [0.29, 0.717) is 37.1 Å². The van der Waals surface area contributed by atoms with Crippen molar-refractivity contribution in [2.45, 2.75) is 51.0 Å². The SMILES string of the molecule is COCCN(CC[C@H](NC(=O)c1cccc2c1cnn2C)C(=O)O)CC1(CCc2ccc3c(n2)NCCC3)CC1. The van der Waals surface area contributed by atoms with Gasteiger partial charge in [0.2, 0.25) is 0 Å². The summed E-state index contributed by atoms with van der Waals surface area (Å²) in [5, 5.41) is 21.0. The maximum atomic E-state index is 13.1. The summed E-state index contributed by atoms with van der Waals surface area (Å²) in [5.41, 5.74) is 3.90. The number of nitrogens with one attached hydrogen (secondary N) is 2. The van der Waals surface area contributed by atoms with Crippen LogP contribution in [0, 0.1) is 5.41 Å². The van der Waals surface area contributed by atoms with Crippen molar-refractivity contribution < 1.29 is 19.4 Å². The highest BCUT2D eigenvalue weighted by Gasteiger charge is 2.43. The van der Waals surface area contributed by atoms with Crippen LogP contribution in [0.1, 0.15) is 53.7 Å². The third-order valence-corrected chi connectivity index (χ3v) is 8.36. The molecule has 40 heavy (non-hydrogen) atoms. The first-order valence-electron chi connectivity index (χ1n) is 14.3. The van der Waals surface area contributed by atoms with Gasteiger partial charge in [-0.3, -0.25) is 9.48 Å². The third-order valence-electron chi connectivity index (χ3n) is 8.36. The molecule has 3 heterocycles. The number of hydrogen-bond donors (Lipinski definition) is 3. The zero-order valence-electron chi connectivity index (χ0n) is 23.5. The third kappa shape index (κ3) is 6.62. The summed E-state index contributed by atoms with van der Waals surface area (Å²) in [6, 6.07) is 8.75. The number of carbonyl (C=O) groups is 2. The molecule has 0 spiro atoms. The predicted molar refractivity (Wildman–Crippen MR) is 154 cm³/mol. The summed E-state index contributed by atoms with van der Waals surface area (Å²) in [6.07, 6.45) is 8.49. The van der Waals surface area contributed by atoms with Gasteiger partial charge in [-0.25, -0.2) is 9.78 Å². The van der Waals surface area contributed by atoms with Crippen molar-refractivity contribution in [1.29, 1.82) is 0 Å². The molecule has 1 fully saturated rings. The molecule has 214 valence electrons. The van der Waals surface area contributed by atoms with Crippen LogP contribution in [0.5, 0.6) is 0 Å². The Morgan fingerprint density at radius 3 is 2.88 bits per heavy atom. The average molecular weight is 549 g/mol. The van der Waals surface area contributed by atoms with Crippen LogP contribution in [0.4, 0.5) is 5.82 Å². The lowest BCUT2D eigenvalue weighted by atomic mass is 9.97. The highest BCUT2D eigenvalue weighted by molar-refractivity contribution is 6.07. The fourth-order valence-electron chi connectivity index (χ4n) is 5.71. The Kier molecular flexibility index (Phi) is 8.66. The van der Waals surface area contributed by atoms with Crippen molar-refractivity contribution in [1.82, 2.24) is 25.0 Å². The van der Waals surface area contributed by atoms with Crippen molar-refractivity contribution in [2.75, 3.05) is 45.2 Å². The van der Waals surface area contributed by atoms with Gasteiger partial charge in [-0.2, -0.15) is 5.10 Å². The molecule has 2 aromatic heterocycles. The Morgan fingerprint density at radius 1 is 1.25 bits per heavy atom. The molecule has 0 bridgehead atoms. The number of aliphatic carboxylic acids is 1. The van der Waals surface area contributed by atoms with Crippen LogP contribution < -0.4 is 10.6 Å². The van der Waals surface area contributed by atoms with Crippen LogP contribution >= 0.6 is 0 Å². The van der Waals surface area contributed by atoms with Gasteiger partial charge >= 0.3 is 5.97 Å². The molecule has 1 aliphatic heterocycles. The van der Waals surface area contributed by atoms with Crippen LogP contribution in [0.3, 0.4) is 0 Å². The predicted octanol–water partition coefficient (Wildman–Crippen LogP) is 3.26. The molecule has 1 saturated carbocycles. The Hall–Kier alpha value is -3.50. The second-order valence-electron chi connectivity index (χ2n) is 11.3. The van der Waals surface area contributed by atoms with Gasteiger partial charge in [0.05, 0.1) is 23.9 Å². The maximum absolute atomic E-state index is 13.1. The van der Waals surface area contributed by atoms with Crippen LogP contribution in [0.25, 0.3) is 10.9 Å². The molecule has 1 atom stereocenters. The van der Waals surface area contributed by atoms with E-state index in [9.17, 15) is 14.7 Å². The van der Waals surface area contributed by atoms with Gasteiger partial charge in [0.1, 0.15) is 11.9 Å². The number of carbonyl (C=O) groups excluding carboxylic acids is 1. The van der Waals surface area contributed by atoms with Crippen LogP contribution in [0.2, 0.25) is 0 Å². The van der Waals surface area contributed by atoms with Crippen LogP contribution in [0.15, 0.2) is 36.5 Å².